The Morgan fingerprint density at radius 2 is 2.23 bits per heavy atom. The lowest BCUT2D eigenvalue weighted by Gasteiger charge is -2.12. The summed E-state index contributed by atoms with van der Waals surface area (Å²) < 4.78 is 0. The first-order valence-corrected chi connectivity index (χ1v) is 5.24. The second-order valence-electron chi connectivity index (χ2n) is 5.12. The Morgan fingerprint density at radius 1 is 1.62 bits per heavy atom. The molecule has 76 valence electrons. The molecule has 0 amide bonds. The smallest absolute Gasteiger partial charge is 0.0487 e. The van der Waals surface area contributed by atoms with Crippen molar-refractivity contribution in [3.63, 3.8) is 0 Å². The van der Waals surface area contributed by atoms with Gasteiger partial charge in [-0.2, -0.15) is 0 Å². The molecule has 1 aliphatic rings. The predicted octanol–water partition coefficient (Wildman–Crippen LogP) is 3.00. The van der Waals surface area contributed by atoms with Crippen LogP contribution in [-0.2, 0) is 0 Å². The van der Waals surface area contributed by atoms with Gasteiger partial charge in [0.15, 0.2) is 0 Å². The predicted molar refractivity (Wildman–Crippen MR) is 56.5 cm³/mol. The van der Waals surface area contributed by atoms with Gasteiger partial charge in [-0.15, -0.1) is 0 Å². The van der Waals surface area contributed by atoms with Gasteiger partial charge in [-0.05, 0) is 43.9 Å². The maximum absolute atomic E-state index is 9.15. The minimum Gasteiger partial charge on any atom is -0.396 e. The fourth-order valence-electron chi connectivity index (χ4n) is 2.10. The summed E-state index contributed by atoms with van der Waals surface area (Å²) in [6, 6.07) is 0. The Balaban J connectivity index is 2.35. The molecule has 0 aromatic carbocycles. The van der Waals surface area contributed by atoms with Crippen LogP contribution in [0.3, 0.4) is 0 Å². The number of hydrogen-bond acceptors (Lipinski definition) is 1. The Labute approximate surface area is 81.9 Å². The number of aliphatic hydroxyl groups excluding tert-OH is 1. The van der Waals surface area contributed by atoms with Crippen molar-refractivity contribution in [3.8, 4) is 0 Å². The molecule has 13 heavy (non-hydrogen) atoms. The van der Waals surface area contributed by atoms with Gasteiger partial charge < -0.3 is 5.11 Å². The van der Waals surface area contributed by atoms with Crippen molar-refractivity contribution < 1.29 is 5.11 Å². The van der Waals surface area contributed by atoms with Gasteiger partial charge in [0.2, 0.25) is 0 Å². The molecule has 0 aromatic heterocycles. The van der Waals surface area contributed by atoms with Crippen LogP contribution in [0, 0.1) is 17.3 Å². The lowest BCUT2D eigenvalue weighted by Crippen LogP contribution is -2.09. The van der Waals surface area contributed by atoms with E-state index in [1.165, 1.54) is 18.4 Å². The summed E-state index contributed by atoms with van der Waals surface area (Å²) in [5, 5.41) is 9.15. The summed E-state index contributed by atoms with van der Waals surface area (Å²) >= 11 is 0. The first-order valence-electron chi connectivity index (χ1n) is 5.24. The van der Waals surface area contributed by atoms with E-state index in [2.05, 4.69) is 33.8 Å². The van der Waals surface area contributed by atoms with Crippen LogP contribution in [0.25, 0.3) is 0 Å². The Bertz CT molecular complexity index is 203. The Kier molecular flexibility index (Phi) is 3.18. The van der Waals surface area contributed by atoms with Crippen molar-refractivity contribution in [2.45, 2.75) is 40.5 Å². The van der Waals surface area contributed by atoms with Crippen LogP contribution >= 0.6 is 0 Å². The fourth-order valence-corrected chi connectivity index (χ4v) is 2.10. The van der Waals surface area contributed by atoms with Crippen LogP contribution in [0.2, 0.25) is 0 Å². The highest BCUT2D eigenvalue weighted by Crippen LogP contribution is 2.56. The van der Waals surface area contributed by atoms with E-state index in [9.17, 15) is 0 Å². The van der Waals surface area contributed by atoms with E-state index in [0.717, 1.165) is 11.8 Å². The van der Waals surface area contributed by atoms with E-state index in [1.54, 1.807) is 0 Å². The van der Waals surface area contributed by atoms with E-state index in [0.29, 0.717) is 6.61 Å². The van der Waals surface area contributed by atoms with Crippen molar-refractivity contribution in [2.75, 3.05) is 6.61 Å². The molecule has 1 saturated carbocycles. The van der Waals surface area contributed by atoms with Gasteiger partial charge in [0.05, 0.1) is 0 Å². The van der Waals surface area contributed by atoms with Gasteiger partial charge in [0.1, 0.15) is 0 Å². The lowest BCUT2D eigenvalue weighted by atomic mass is 9.94. The van der Waals surface area contributed by atoms with E-state index < -0.39 is 0 Å². The highest BCUT2D eigenvalue weighted by atomic mass is 16.3. The van der Waals surface area contributed by atoms with Gasteiger partial charge in [0.25, 0.3) is 0 Å². The van der Waals surface area contributed by atoms with Crippen LogP contribution in [0.5, 0.6) is 0 Å². The quantitative estimate of drug-likeness (QED) is 0.663. The molecular formula is C12H22O. The molecule has 1 N–H and O–H groups in total. The minimum atomic E-state index is 0.245. The zero-order valence-electron chi connectivity index (χ0n) is 9.30. The van der Waals surface area contributed by atoms with Crippen LogP contribution < -0.4 is 0 Å². The molecule has 0 radical (unpaired) electrons. The molecule has 0 aromatic rings. The Morgan fingerprint density at radius 3 is 2.62 bits per heavy atom. The second-order valence-corrected chi connectivity index (χ2v) is 5.12. The monoisotopic (exact) mass is 182 g/mol. The molecule has 1 fully saturated rings. The molecule has 0 bridgehead atoms. The molecular weight excluding hydrogens is 160 g/mol. The molecule has 1 nitrogen and oxygen atoms in total. The van der Waals surface area contributed by atoms with Crippen molar-refractivity contribution in [1.29, 1.82) is 0 Å². The van der Waals surface area contributed by atoms with E-state index in [-0.39, 0.29) is 5.41 Å². The SMILES string of the molecule is CC(C)=CC[C@H](C)[C@H]1C[C@]1(C)CO. The van der Waals surface area contributed by atoms with Crippen molar-refractivity contribution in [1.82, 2.24) is 0 Å². The van der Waals surface area contributed by atoms with Gasteiger partial charge in [0, 0.05) is 6.61 Å². The fraction of sp³-hybridized carbons (Fsp3) is 0.833. The van der Waals surface area contributed by atoms with Crippen LogP contribution in [0.4, 0.5) is 0 Å². The molecule has 1 heteroatoms. The molecule has 0 spiro atoms. The third-order valence-electron chi connectivity index (χ3n) is 3.37. The van der Waals surface area contributed by atoms with E-state index in [1.807, 2.05) is 0 Å². The van der Waals surface area contributed by atoms with Gasteiger partial charge in [-0.25, -0.2) is 0 Å². The van der Waals surface area contributed by atoms with Gasteiger partial charge in [-0.3, -0.25) is 0 Å². The average molecular weight is 182 g/mol. The highest BCUT2D eigenvalue weighted by Gasteiger charge is 2.51. The summed E-state index contributed by atoms with van der Waals surface area (Å²) in [5.74, 6) is 1.47. The molecule has 3 atom stereocenters. The highest BCUT2D eigenvalue weighted by molar-refractivity contribution is 5.03. The normalized spacial score (nSPS) is 34.1. The first kappa shape index (κ1) is 10.8. The molecule has 0 aliphatic heterocycles. The topological polar surface area (TPSA) is 20.2 Å². The molecule has 0 unspecified atom stereocenters. The standard InChI is InChI=1S/C12H22O/c1-9(2)5-6-10(3)11-7-12(11,4)8-13/h5,10-11,13H,6-8H2,1-4H3/t10-,11+,12+/m0/s1. The van der Waals surface area contributed by atoms with E-state index >= 15 is 0 Å². The maximum atomic E-state index is 9.15. The summed E-state index contributed by atoms with van der Waals surface area (Å²) in [7, 11) is 0. The number of aliphatic hydroxyl groups is 1. The third-order valence-corrected chi connectivity index (χ3v) is 3.37. The lowest BCUT2D eigenvalue weighted by molar-refractivity contribution is 0.201. The minimum absolute atomic E-state index is 0.245. The van der Waals surface area contributed by atoms with Crippen molar-refractivity contribution in [3.05, 3.63) is 11.6 Å². The average Bonchev–Trinajstić information content (AvgIpc) is 2.75. The van der Waals surface area contributed by atoms with Crippen molar-refractivity contribution in [2.24, 2.45) is 17.3 Å². The van der Waals surface area contributed by atoms with Crippen LogP contribution in [0.15, 0.2) is 11.6 Å². The number of hydrogen-bond donors (Lipinski definition) is 1. The first-order chi connectivity index (χ1) is 5.99. The summed E-state index contributed by atoms with van der Waals surface area (Å²) in [6.07, 6.45) is 4.69. The third kappa shape index (κ3) is 2.57. The summed E-state index contributed by atoms with van der Waals surface area (Å²) in [4.78, 5) is 0. The second kappa shape index (κ2) is 3.83. The van der Waals surface area contributed by atoms with E-state index in [4.69, 9.17) is 5.11 Å². The van der Waals surface area contributed by atoms with Gasteiger partial charge >= 0.3 is 0 Å². The van der Waals surface area contributed by atoms with Crippen LogP contribution in [-0.4, -0.2) is 11.7 Å². The Hall–Kier alpha value is -0.300. The molecule has 0 heterocycles. The number of allylic oxidation sites excluding steroid dienone is 2. The maximum Gasteiger partial charge on any atom is 0.0487 e. The zero-order valence-corrected chi connectivity index (χ0v) is 9.30. The molecule has 1 aliphatic carbocycles. The van der Waals surface area contributed by atoms with Crippen LogP contribution in [0.1, 0.15) is 40.5 Å². The summed E-state index contributed by atoms with van der Waals surface area (Å²) in [6.45, 7) is 9.13. The van der Waals surface area contributed by atoms with Crippen molar-refractivity contribution >= 4 is 0 Å². The molecule has 0 saturated heterocycles. The summed E-state index contributed by atoms with van der Waals surface area (Å²) in [5.41, 5.74) is 1.65. The zero-order chi connectivity index (χ0) is 10.1. The largest absolute Gasteiger partial charge is 0.396 e. The molecule has 1 rings (SSSR count). The van der Waals surface area contributed by atoms with Gasteiger partial charge in [-0.1, -0.05) is 25.5 Å². The number of rotatable bonds is 4.